The molecule has 1 aromatic heterocycles. The van der Waals surface area contributed by atoms with Gasteiger partial charge in [0.15, 0.2) is 5.69 Å². The van der Waals surface area contributed by atoms with E-state index >= 15 is 0 Å². The van der Waals surface area contributed by atoms with Gasteiger partial charge in [0.25, 0.3) is 5.91 Å². The van der Waals surface area contributed by atoms with E-state index in [1.165, 1.54) is 6.42 Å². The van der Waals surface area contributed by atoms with Crippen molar-refractivity contribution in [1.29, 1.82) is 0 Å². The molecule has 1 saturated heterocycles. The average Bonchev–Trinajstić information content (AvgIpc) is 3.18. The van der Waals surface area contributed by atoms with Crippen molar-refractivity contribution in [2.45, 2.75) is 32.5 Å². The van der Waals surface area contributed by atoms with Gasteiger partial charge in [-0.1, -0.05) is 47.8 Å². The number of amides is 1. The van der Waals surface area contributed by atoms with Crippen molar-refractivity contribution in [2.24, 2.45) is 10.2 Å². The van der Waals surface area contributed by atoms with Crippen molar-refractivity contribution in [3.05, 3.63) is 87.9 Å². The molecule has 190 valence electrons. The van der Waals surface area contributed by atoms with Crippen LogP contribution in [0.1, 0.15) is 35.2 Å². The van der Waals surface area contributed by atoms with Crippen LogP contribution in [0.25, 0.3) is 10.9 Å². The van der Waals surface area contributed by atoms with E-state index in [1.807, 2.05) is 30.3 Å². The highest BCUT2D eigenvalue weighted by molar-refractivity contribution is 6.36. The number of carbonyl (C=O) groups is 1. The second-order valence-corrected chi connectivity index (χ2v) is 9.85. The molecular weight excluding hydrogens is 511 g/mol. The number of hydrogen-bond acceptors (Lipinski definition) is 5. The van der Waals surface area contributed by atoms with Crippen molar-refractivity contribution in [1.82, 2.24) is 9.47 Å². The molecule has 1 amide bonds. The van der Waals surface area contributed by atoms with Crippen LogP contribution in [0.2, 0.25) is 10.0 Å². The SMILES string of the molecule is O=C(N=Nc1c(O)n(CN2CCCCC2)c2cccc(Cl)c12)c1ccc(OCc2cccc(Cl)c2)cc1. The van der Waals surface area contributed by atoms with Gasteiger partial charge in [-0.05, 0) is 80.0 Å². The number of aromatic hydroxyl groups is 1. The number of azo groups is 1. The van der Waals surface area contributed by atoms with Crippen molar-refractivity contribution < 1.29 is 14.6 Å². The van der Waals surface area contributed by atoms with E-state index in [4.69, 9.17) is 27.9 Å². The third-order valence-corrected chi connectivity index (χ3v) is 6.96. The Bertz CT molecular complexity index is 1440. The highest BCUT2D eigenvalue weighted by Gasteiger charge is 2.22. The Morgan fingerprint density at radius 2 is 1.73 bits per heavy atom. The summed E-state index contributed by atoms with van der Waals surface area (Å²) in [7, 11) is 0. The summed E-state index contributed by atoms with van der Waals surface area (Å²) in [5, 5.41) is 20.7. The average molecular weight is 537 g/mol. The van der Waals surface area contributed by atoms with Crippen molar-refractivity contribution >= 4 is 45.7 Å². The molecule has 0 aliphatic carbocycles. The summed E-state index contributed by atoms with van der Waals surface area (Å²) >= 11 is 12.5. The van der Waals surface area contributed by atoms with Crippen LogP contribution in [-0.2, 0) is 13.3 Å². The summed E-state index contributed by atoms with van der Waals surface area (Å²) in [6, 6.07) is 19.5. The summed E-state index contributed by atoms with van der Waals surface area (Å²) in [5.74, 6) is 0.0124. The van der Waals surface area contributed by atoms with Crippen LogP contribution in [0, 0.1) is 0 Å². The Hall–Kier alpha value is -3.39. The molecule has 1 fully saturated rings. The standard InChI is InChI=1S/C28H26Cl2N4O3/c29-21-7-4-6-19(16-21)17-37-22-12-10-20(11-13-22)27(35)32-31-26-25-23(30)8-5-9-24(25)34(28(26)36)18-33-14-2-1-3-15-33/h4-13,16,36H,1-3,14-15,17-18H2. The number of piperidine rings is 1. The van der Waals surface area contributed by atoms with Crippen molar-refractivity contribution in [3.63, 3.8) is 0 Å². The van der Waals surface area contributed by atoms with Gasteiger partial charge in [-0.3, -0.25) is 14.3 Å². The van der Waals surface area contributed by atoms with Crippen LogP contribution in [0.5, 0.6) is 11.6 Å². The highest BCUT2D eigenvalue weighted by Crippen LogP contribution is 2.42. The first-order valence-electron chi connectivity index (χ1n) is 12.1. The molecule has 0 bridgehead atoms. The minimum atomic E-state index is -0.537. The molecule has 2 heterocycles. The summed E-state index contributed by atoms with van der Waals surface area (Å²) < 4.78 is 7.55. The van der Waals surface area contributed by atoms with Gasteiger partial charge in [-0.25, -0.2) is 0 Å². The summed E-state index contributed by atoms with van der Waals surface area (Å²) in [5.41, 5.74) is 2.23. The molecule has 37 heavy (non-hydrogen) atoms. The Labute approximate surface area is 224 Å². The zero-order valence-electron chi connectivity index (χ0n) is 20.1. The zero-order valence-corrected chi connectivity index (χ0v) is 21.6. The summed E-state index contributed by atoms with van der Waals surface area (Å²) in [4.78, 5) is 15.0. The van der Waals surface area contributed by atoms with E-state index in [1.54, 1.807) is 41.0 Å². The number of ether oxygens (including phenoxy) is 1. The first kappa shape index (κ1) is 25.3. The molecule has 4 aromatic rings. The molecule has 1 aliphatic rings. The molecule has 3 aromatic carbocycles. The quantitative estimate of drug-likeness (QED) is 0.246. The number of aromatic nitrogens is 1. The van der Waals surface area contributed by atoms with Crippen LogP contribution >= 0.6 is 23.2 Å². The topological polar surface area (TPSA) is 79.4 Å². The Kier molecular flexibility index (Phi) is 7.74. The molecule has 0 saturated carbocycles. The van der Waals surface area contributed by atoms with E-state index in [0.29, 0.717) is 40.0 Å². The van der Waals surface area contributed by atoms with E-state index in [2.05, 4.69) is 15.1 Å². The predicted molar refractivity (Wildman–Crippen MR) is 145 cm³/mol. The number of halogens is 2. The molecule has 0 atom stereocenters. The molecular formula is C28H26Cl2N4O3. The van der Waals surface area contributed by atoms with E-state index in [-0.39, 0.29) is 11.6 Å². The van der Waals surface area contributed by atoms with E-state index < -0.39 is 5.91 Å². The van der Waals surface area contributed by atoms with Crippen molar-refractivity contribution in [3.8, 4) is 11.6 Å². The van der Waals surface area contributed by atoms with Crippen LogP contribution in [-0.4, -0.2) is 33.6 Å². The van der Waals surface area contributed by atoms with Gasteiger partial charge >= 0.3 is 0 Å². The monoisotopic (exact) mass is 536 g/mol. The van der Waals surface area contributed by atoms with E-state index in [0.717, 1.165) is 37.0 Å². The summed E-state index contributed by atoms with van der Waals surface area (Å²) in [6.07, 6.45) is 3.48. The minimum absolute atomic E-state index is 0.0602. The molecule has 1 aliphatic heterocycles. The van der Waals surface area contributed by atoms with Gasteiger partial charge in [-0.2, -0.15) is 0 Å². The third-order valence-electron chi connectivity index (χ3n) is 6.41. The molecule has 1 N–H and O–H groups in total. The molecule has 7 nitrogen and oxygen atoms in total. The fourth-order valence-electron chi connectivity index (χ4n) is 4.50. The molecule has 0 unspecified atom stereocenters. The maximum atomic E-state index is 12.8. The molecule has 9 heteroatoms. The molecule has 0 radical (unpaired) electrons. The Morgan fingerprint density at radius 1 is 0.973 bits per heavy atom. The van der Waals surface area contributed by atoms with Gasteiger partial charge < -0.3 is 9.84 Å². The number of hydrogen-bond donors (Lipinski definition) is 1. The predicted octanol–water partition coefficient (Wildman–Crippen LogP) is 7.60. The molecule has 0 spiro atoms. The number of rotatable bonds is 7. The lowest BCUT2D eigenvalue weighted by Gasteiger charge is -2.27. The number of benzene rings is 3. The smallest absolute Gasteiger partial charge is 0.295 e. The number of likely N-dealkylation sites (tertiary alicyclic amines) is 1. The maximum Gasteiger partial charge on any atom is 0.295 e. The molecule has 5 rings (SSSR count). The fourth-order valence-corrected chi connectivity index (χ4v) is 4.98. The normalized spacial score (nSPS) is 14.4. The zero-order chi connectivity index (χ0) is 25.8. The Morgan fingerprint density at radius 3 is 2.49 bits per heavy atom. The van der Waals surface area contributed by atoms with E-state index in [9.17, 15) is 9.90 Å². The lowest BCUT2D eigenvalue weighted by Crippen LogP contribution is -2.31. The highest BCUT2D eigenvalue weighted by atomic mass is 35.5. The fraction of sp³-hybridized carbons (Fsp3) is 0.250. The number of nitrogens with zero attached hydrogens (tertiary/aromatic N) is 4. The van der Waals surface area contributed by atoms with Crippen LogP contribution in [0.4, 0.5) is 5.69 Å². The van der Waals surface area contributed by atoms with Crippen molar-refractivity contribution in [2.75, 3.05) is 13.1 Å². The van der Waals surface area contributed by atoms with Crippen LogP contribution < -0.4 is 4.74 Å². The van der Waals surface area contributed by atoms with Gasteiger partial charge in [0.05, 0.1) is 22.6 Å². The number of carbonyl (C=O) groups excluding carboxylic acids is 1. The van der Waals surface area contributed by atoms with Gasteiger partial charge in [0, 0.05) is 10.6 Å². The van der Waals surface area contributed by atoms with Crippen LogP contribution in [0.3, 0.4) is 0 Å². The Balaban J connectivity index is 1.33. The lowest BCUT2D eigenvalue weighted by molar-refractivity contribution is 0.0995. The minimum Gasteiger partial charge on any atom is -0.493 e. The summed E-state index contributed by atoms with van der Waals surface area (Å²) in [6.45, 7) is 2.81. The van der Waals surface area contributed by atoms with Gasteiger partial charge in [-0.15, -0.1) is 10.2 Å². The number of fused-ring (bicyclic) bond motifs is 1. The second kappa shape index (κ2) is 11.3. The first-order valence-corrected chi connectivity index (χ1v) is 12.9. The largest absolute Gasteiger partial charge is 0.493 e. The van der Waals surface area contributed by atoms with Gasteiger partial charge in [0.1, 0.15) is 12.4 Å². The van der Waals surface area contributed by atoms with Crippen LogP contribution in [0.15, 0.2) is 77.0 Å². The first-order chi connectivity index (χ1) is 18.0. The lowest BCUT2D eigenvalue weighted by atomic mass is 10.1. The maximum absolute atomic E-state index is 12.8. The van der Waals surface area contributed by atoms with Gasteiger partial charge in [0.2, 0.25) is 5.88 Å². The second-order valence-electron chi connectivity index (χ2n) is 9.00. The third kappa shape index (κ3) is 5.80.